The molecule has 0 unspecified atom stereocenters. The van der Waals surface area contributed by atoms with Gasteiger partial charge in [0, 0.05) is 6.42 Å². The highest BCUT2D eigenvalue weighted by Crippen LogP contribution is 2.30. The lowest BCUT2D eigenvalue weighted by molar-refractivity contribution is -0.116. The first kappa shape index (κ1) is 16.2. The lowest BCUT2D eigenvalue weighted by Crippen LogP contribution is -2.10. The molecule has 1 aromatic heterocycles. The van der Waals surface area contributed by atoms with Gasteiger partial charge in [-0.25, -0.2) is 4.98 Å². The van der Waals surface area contributed by atoms with Crippen molar-refractivity contribution in [2.75, 3.05) is 5.32 Å². The smallest absolute Gasteiger partial charge is 0.226 e. The first-order chi connectivity index (χ1) is 10.2. The number of amides is 1. The van der Waals surface area contributed by atoms with Gasteiger partial charge in [0.25, 0.3) is 0 Å². The molecule has 1 heterocycles. The summed E-state index contributed by atoms with van der Waals surface area (Å²) < 4.78 is 0.998. The fraction of sp³-hybridized carbons (Fsp3) is 0.500. The highest BCUT2D eigenvalue weighted by molar-refractivity contribution is 7.22. The summed E-state index contributed by atoms with van der Waals surface area (Å²) >= 11 is 7.54. The van der Waals surface area contributed by atoms with Crippen molar-refractivity contribution in [1.29, 1.82) is 0 Å². The fourth-order valence-corrected chi connectivity index (χ4v) is 3.40. The van der Waals surface area contributed by atoms with Crippen LogP contribution in [-0.4, -0.2) is 10.9 Å². The van der Waals surface area contributed by atoms with E-state index in [2.05, 4.69) is 17.2 Å². The largest absolute Gasteiger partial charge is 0.302 e. The van der Waals surface area contributed by atoms with Crippen LogP contribution in [-0.2, 0) is 4.79 Å². The molecule has 0 radical (unpaired) electrons. The summed E-state index contributed by atoms with van der Waals surface area (Å²) in [5.41, 5.74) is 0.763. The van der Waals surface area contributed by atoms with E-state index in [9.17, 15) is 4.79 Å². The maximum atomic E-state index is 11.9. The molecular formula is C16H21ClN2OS. The molecule has 0 aliphatic rings. The molecule has 0 aliphatic heterocycles. The van der Waals surface area contributed by atoms with Gasteiger partial charge in [0.2, 0.25) is 5.91 Å². The maximum absolute atomic E-state index is 11.9. The van der Waals surface area contributed by atoms with Crippen LogP contribution in [0, 0.1) is 0 Å². The second-order valence-electron chi connectivity index (χ2n) is 5.17. The normalized spacial score (nSPS) is 11.0. The first-order valence-corrected chi connectivity index (χ1v) is 8.75. The second-order valence-corrected chi connectivity index (χ2v) is 6.61. The molecule has 0 atom stereocenters. The van der Waals surface area contributed by atoms with Gasteiger partial charge >= 0.3 is 0 Å². The number of carbonyl (C=O) groups is 1. The van der Waals surface area contributed by atoms with Crippen LogP contribution in [0.1, 0.15) is 51.9 Å². The number of anilines is 1. The molecule has 0 bridgehead atoms. The quantitative estimate of drug-likeness (QED) is 0.638. The van der Waals surface area contributed by atoms with Crippen molar-refractivity contribution in [1.82, 2.24) is 4.98 Å². The summed E-state index contributed by atoms with van der Waals surface area (Å²) in [5.74, 6) is 0.0423. The van der Waals surface area contributed by atoms with E-state index < -0.39 is 0 Å². The number of nitrogens with zero attached hydrogens (tertiary/aromatic N) is 1. The van der Waals surface area contributed by atoms with Crippen molar-refractivity contribution in [3.8, 4) is 0 Å². The Labute approximate surface area is 134 Å². The van der Waals surface area contributed by atoms with Crippen molar-refractivity contribution in [3.63, 3.8) is 0 Å². The van der Waals surface area contributed by atoms with E-state index >= 15 is 0 Å². The van der Waals surface area contributed by atoms with E-state index in [4.69, 9.17) is 11.6 Å². The lowest BCUT2D eigenvalue weighted by atomic mass is 10.1. The number of halogens is 1. The number of hydrogen-bond donors (Lipinski definition) is 1. The Morgan fingerprint density at radius 1 is 1.24 bits per heavy atom. The number of thiazole rings is 1. The van der Waals surface area contributed by atoms with Crippen LogP contribution >= 0.6 is 22.9 Å². The molecule has 1 aromatic carbocycles. The van der Waals surface area contributed by atoms with Gasteiger partial charge in [-0.3, -0.25) is 4.79 Å². The molecule has 0 aliphatic carbocycles. The Hall–Kier alpha value is -1.13. The zero-order valence-corrected chi connectivity index (χ0v) is 13.9. The van der Waals surface area contributed by atoms with Crippen molar-refractivity contribution in [2.24, 2.45) is 0 Å². The van der Waals surface area contributed by atoms with Gasteiger partial charge in [-0.05, 0) is 18.6 Å². The van der Waals surface area contributed by atoms with E-state index in [1.807, 2.05) is 18.2 Å². The van der Waals surface area contributed by atoms with Gasteiger partial charge in [0.15, 0.2) is 5.13 Å². The fourth-order valence-electron chi connectivity index (χ4n) is 2.22. The number of rotatable bonds is 8. The van der Waals surface area contributed by atoms with E-state index in [0.717, 1.165) is 23.1 Å². The van der Waals surface area contributed by atoms with Crippen LogP contribution in [0.15, 0.2) is 18.2 Å². The molecule has 1 amide bonds. The summed E-state index contributed by atoms with van der Waals surface area (Å²) in [6, 6.07) is 5.67. The van der Waals surface area contributed by atoms with Crippen molar-refractivity contribution in [3.05, 3.63) is 23.2 Å². The SMILES string of the molecule is CCCCCCCCC(=O)Nc1nc2c(Cl)cccc2s1. The van der Waals surface area contributed by atoms with Crippen LogP contribution in [0.3, 0.4) is 0 Å². The van der Waals surface area contributed by atoms with Crippen LogP contribution in [0.5, 0.6) is 0 Å². The maximum Gasteiger partial charge on any atom is 0.226 e. The van der Waals surface area contributed by atoms with Gasteiger partial charge in [-0.15, -0.1) is 0 Å². The van der Waals surface area contributed by atoms with Crippen molar-refractivity contribution >= 4 is 44.2 Å². The van der Waals surface area contributed by atoms with E-state index in [1.165, 1.54) is 37.0 Å². The number of benzene rings is 1. The van der Waals surface area contributed by atoms with E-state index in [0.29, 0.717) is 16.6 Å². The average molecular weight is 325 g/mol. The number of para-hydroxylation sites is 1. The Kier molecular flexibility index (Phi) is 6.46. The molecule has 0 saturated heterocycles. The second kappa shape index (κ2) is 8.35. The summed E-state index contributed by atoms with van der Waals surface area (Å²) in [7, 11) is 0. The van der Waals surface area contributed by atoms with Gasteiger partial charge in [0.05, 0.1) is 9.72 Å². The predicted octanol–water partition coefficient (Wildman–Crippen LogP) is 5.64. The molecule has 5 heteroatoms. The number of carbonyl (C=O) groups excluding carboxylic acids is 1. The predicted molar refractivity (Wildman–Crippen MR) is 91.3 cm³/mol. The van der Waals surface area contributed by atoms with Gasteiger partial charge in [0.1, 0.15) is 5.52 Å². The third-order valence-electron chi connectivity index (χ3n) is 3.37. The minimum Gasteiger partial charge on any atom is -0.302 e. The average Bonchev–Trinajstić information content (AvgIpc) is 2.86. The molecule has 0 spiro atoms. The molecule has 2 rings (SSSR count). The summed E-state index contributed by atoms with van der Waals surface area (Å²) in [6.45, 7) is 2.21. The number of hydrogen-bond acceptors (Lipinski definition) is 3. The van der Waals surface area contributed by atoms with Gasteiger partial charge in [-0.2, -0.15) is 0 Å². The number of unbranched alkanes of at least 4 members (excludes halogenated alkanes) is 5. The van der Waals surface area contributed by atoms with Gasteiger partial charge in [-0.1, -0.05) is 68.0 Å². The Bertz CT molecular complexity index is 597. The molecule has 21 heavy (non-hydrogen) atoms. The molecule has 1 N–H and O–H groups in total. The molecule has 114 valence electrons. The van der Waals surface area contributed by atoms with Gasteiger partial charge < -0.3 is 5.32 Å². The Balaban J connectivity index is 1.78. The third-order valence-corrected chi connectivity index (χ3v) is 4.61. The van der Waals surface area contributed by atoms with Crippen molar-refractivity contribution < 1.29 is 4.79 Å². The van der Waals surface area contributed by atoms with Crippen LogP contribution in [0.4, 0.5) is 5.13 Å². The molecule has 2 aromatic rings. The lowest BCUT2D eigenvalue weighted by Gasteiger charge is -2.01. The zero-order chi connectivity index (χ0) is 15.1. The Morgan fingerprint density at radius 2 is 2.00 bits per heavy atom. The minimum atomic E-state index is 0.0423. The van der Waals surface area contributed by atoms with E-state index in [1.54, 1.807) is 0 Å². The topological polar surface area (TPSA) is 42.0 Å². The summed E-state index contributed by atoms with van der Waals surface area (Å²) in [6.07, 6.45) is 7.67. The summed E-state index contributed by atoms with van der Waals surface area (Å²) in [4.78, 5) is 16.3. The van der Waals surface area contributed by atoms with Crippen LogP contribution in [0.25, 0.3) is 10.2 Å². The van der Waals surface area contributed by atoms with Crippen molar-refractivity contribution in [2.45, 2.75) is 51.9 Å². The standard InChI is InChI=1S/C16H21ClN2OS/c1-2-3-4-5-6-7-11-14(20)18-16-19-15-12(17)9-8-10-13(15)21-16/h8-10H,2-7,11H2,1H3,(H,18,19,20). The molecule has 3 nitrogen and oxygen atoms in total. The number of fused-ring (bicyclic) bond motifs is 1. The number of aromatic nitrogens is 1. The minimum absolute atomic E-state index is 0.0423. The van der Waals surface area contributed by atoms with Crippen LogP contribution < -0.4 is 5.32 Å². The highest BCUT2D eigenvalue weighted by Gasteiger charge is 2.09. The first-order valence-electron chi connectivity index (χ1n) is 7.55. The Morgan fingerprint density at radius 3 is 2.76 bits per heavy atom. The van der Waals surface area contributed by atoms with Crippen LogP contribution in [0.2, 0.25) is 5.02 Å². The zero-order valence-electron chi connectivity index (χ0n) is 12.3. The third kappa shape index (κ3) is 4.97. The van der Waals surface area contributed by atoms with E-state index in [-0.39, 0.29) is 5.91 Å². The highest BCUT2D eigenvalue weighted by atomic mass is 35.5. The molecule has 0 fully saturated rings. The monoisotopic (exact) mass is 324 g/mol. The molecular weight excluding hydrogens is 304 g/mol. The molecule has 0 saturated carbocycles. The summed E-state index contributed by atoms with van der Waals surface area (Å²) in [5, 5.41) is 4.13. The number of nitrogens with one attached hydrogen (secondary N) is 1.